The molecule has 0 aromatic heterocycles. The number of carbonyl (C=O) groups is 1. The average molecular weight is 816 g/mol. The lowest BCUT2D eigenvalue weighted by Crippen LogP contribution is -2.46. The molecule has 0 bridgehead atoms. The Labute approximate surface area is 338 Å². The van der Waals surface area contributed by atoms with Gasteiger partial charge in [-0.2, -0.15) is 13.2 Å². The Bertz CT molecular complexity index is 2210. The van der Waals surface area contributed by atoms with Crippen LogP contribution in [-0.4, -0.2) is 82.7 Å². The molecule has 1 aliphatic heterocycles. The minimum atomic E-state index is -4.38. The number of hydrogen-bond acceptors (Lipinski definition) is 8. The first-order chi connectivity index (χ1) is 27.2. The van der Waals surface area contributed by atoms with E-state index in [9.17, 15) is 26.4 Å². The monoisotopic (exact) mass is 815 g/mol. The van der Waals surface area contributed by atoms with Crippen molar-refractivity contribution < 1.29 is 26.4 Å². The number of benzene rings is 5. The summed E-state index contributed by atoms with van der Waals surface area (Å²) in [5, 5.41) is 3.61. The fourth-order valence-electron chi connectivity index (χ4n) is 6.76. The molecule has 1 aliphatic rings. The van der Waals surface area contributed by atoms with Gasteiger partial charge >= 0.3 is 6.18 Å². The zero-order chi connectivity index (χ0) is 40.6. The molecular weight excluding hydrogens is 768 g/mol. The Morgan fingerprint density at radius 3 is 2.16 bits per heavy atom. The quantitative estimate of drug-likeness (QED) is 0.102. The summed E-state index contributed by atoms with van der Waals surface area (Å²) in [7, 11) is -0.0494. The number of sulfonamides is 1. The Hall–Kier alpha value is -4.82. The number of thioether (sulfide) groups is 1. The molecule has 6 rings (SSSR count). The minimum Gasteiger partial charge on any atom is -0.381 e. The third kappa shape index (κ3) is 11.4. The van der Waals surface area contributed by atoms with Gasteiger partial charge in [0.2, 0.25) is 0 Å². The summed E-state index contributed by atoms with van der Waals surface area (Å²) >= 11 is 1.77. The predicted octanol–water partition coefficient (Wildman–Crippen LogP) is 8.65. The fraction of sp³-hybridized carbons (Fsp3) is 0.295. The van der Waals surface area contributed by atoms with Gasteiger partial charge in [0.25, 0.3) is 15.9 Å². The molecule has 0 saturated carbocycles. The summed E-state index contributed by atoms with van der Waals surface area (Å²) in [5.41, 5.74) is 4.77. The van der Waals surface area contributed by atoms with Gasteiger partial charge in [-0.25, -0.2) is 13.1 Å². The van der Waals surface area contributed by atoms with E-state index in [0.29, 0.717) is 6.54 Å². The highest BCUT2D eigenvalue weighted by molar-refractivity contribution is 7.99. The second-order valence-corrected chi connectivity index (χ2v) is 17.3. The zero-order valence-corrected chi connectivity index (χ0v) is 33.9. The largest absolute Gasteiger partial charge is 0.416 e. The second kappa shape index (κ2) is 18.6. The number of halogens is 3. The number of anilines is 2. The summed E-state index contributed by atoms with van der Waals surface area (Å²) in [4.78, 5) is 21.0. The predicted molar refractivity (Wildman–Crippen MR) is 224 cm³/mol. The molecule has 0 radical (unpaired) electrons. The van der Waals surface area contributed by atoms with Crippen LogP contribution in [0.15, 0.2) is 131 Å². The van der Waals surface area contributed by atoms with Gasteiger partial charge in [0.1, 0.15) is 0 Å². The maximum Gasteiger partial charge on any atom is 0.416 e. The highest BCUT2D eigenvalue weighted by Gasteiger charge is 2.30. The lowest BCUT2D eigenvalue weighted by atomic mass is 9.98. The van der Waals surface area contributed by atoms with Crippen molar-refractivity contribution in [2.24, 2.45) is 0 Å². The van der Waals surface area contributed by atoms with E-state index in [0.717, 1.165) is 90.7 Å². The van der Waals surface area contributed by atoms with Crippen LogP contribution >= 0.6 is 11.8 Å². The second-order valence-electron chi connectivity index (χ2n) is 14.5. The van der Waals surface area contributed by atoms with Crippen molar-refractivity contribution in [1.29, 1.82) is 0 Å². The molecule has 5 aromatic carbocycles. The summed E-state index contributed by atoms with van der Waals surface area (Å²) in [6.45, 7) is 6.40. The summed E-state index contributed by atoms with van der Waals surface area (Å²) < 4.78 is 68.3. The normalized spacial score (nSPS) is 14.4. The highest BCUT2D eigenvalue weighted by Crippen LogP contribution is 2.32. The Kier molecular flexibility index (Phi) is 13.7. The van der Waals surface area contributed by atoms with Gasteiger partial charge in [-0.15, -0.1) is 11.8 Å². The van der Waals surface area contributed by atoms with E-state index in [2.05, 4.69) is 36.9 Å². The maximum atomic E-state index is 13.4. The van der Waals surface area contributed by atoms with E-state index < -0.39 is 27.7 Å². The van der Waals surface area contributed by atoms with Crippen LogP contribution in [0.3, 0.4) is 0 Å². The molecule has 1 fully saturated rings. The number of carbonyl (C=O) groups excluding carboxylic acids is 1. The third-order valence-electron chi connectivity index (χ3n) is 10.0. The summed E-state index contributed by atoms with van der Waals surface area (Å²) in [5.74, 6) is 0.133. The molecule has 13 heteroatoms. The van der Waals surface area contributed by atoms with Gasteiger partial charge in [0, 0.05) is 66.4 Å². The molecule has 300 valence electrons. The molecule has 1 amide bonds. The molecule has 2 N–H and O–H groups in total. The van der Waals surface area contributed by atoms with E-state index in [1.165, 1.54) is 23.1 Å². The number of rotatable bonds is 15. The zero-order valence-electron chi connectivity index (χ0n) is 32.3. The van der Waals surface area contributed by atoms with Crippen LogP contribution in [0.25, 0.3) is 11.1 Å². The van der Waals surface area contributed by atoms with Crippen LogP contribution in [0.5, 0.6) is 0 Å². The van der Waals surface area contributed by atoms with Crippen molar-refractivity contribution in [3.8, 4) is 11.1 Å². The number of amides is 1. The summed E-state index contributed by atoms with van der Waals surface area (Å²) in [6, 6.07) is 35.2. The number of alkyl halides is 3. The van der Waals surface area contributed by atoms with Crippen molar-refractivity contribution in [2.75, 3.05) is 62.8 Å². The topological polar surface area (TPSA) is 85.0 Å². The molecule has 1 atom stereocenters. The van der Waals surface area contributed by atoms with Gasteiger partial charge in [0.05, 0.1) is 10.5 Å². The first kappa shape index (κ1) is 41.8. The molecule has 5 aromatic rings. The lowest BCUT2D eigenvalue weighted by Gasteiger charge is -2.36. The lowest BCUT2D eigenvalue weighted by molar-refractivity contribution is -0.137. The number of nitrogens with one attached hydrogen (secondary N) is 2. The van der Waals surface area contributed by atoms with Gasteiger partial charge in [0.15, 0.2) is 0 Å². The smallest absolute Gasteiger partial charge is 0.381 e. The van der Waals surface area contributed by atoms with Gasteiger partial charge < -0.3 is 15.1 Å². The Balaban J connectivity index is 1.02. The highest BCUT2D eigenvalue weighted by atomic mass is 32.2. The van der Waals surface area contributed by atoms with Crippen LogP contribution in [0, 0.1) is 6.92 Å². The first-order valence-electron chi connectivity index (χ1n) is 18.8. The number of aryl methyl sites for hydroxylation is 1. The van der Waals surface area contributed by atoms with E-state index >= 15 is 0 Å². The van der Waals surface area contributed by atoms with Crippen LogP contribution in [-0.2, 0) is 22.7 Å². The number of hydrogen-bond donors (Lipinski definition) is 2. The van der Waals surface area contributed by atoms with E-state index in [4.69, 9.17) is 0 Å². The van der Waals surface area contributed by atoms with Crippen molar-refractivity contribution in [1.82, 2.24) is 14.5 Å². The third-order valence-corrected chi connectivity index (χ3v) is 12.5. The molecule has 0 aliphatic carbocycles. The van der Waals surface area contributed by atoms with Crippen molar-refractivity contribution in [3.63, 3.8) is 0 Å². The SMILES string of the molecule is Cc1cc(S(=O)(=O)NC(=O)c2ccc(N3CCN(Cc4ccccc4-c4ccc(C(F)(F)F)cc4)CC3)cc2)ccc1N[C@H](CCN(C)C)CSc1ccccc1. The molecular formula is C44H48F3N5O3S2. The van der Waals surface area contributed by atoms with Crippen molar-refractivity contribution in [2.45, 2.75) is 41.9 Å². The Morgan fingerprint density at radius 2 is 1.51 bits per heavy atom. The Morgan fingerprint density at radius 1 is 0.842 bits per heavy atom. The van der Waals surface area contributed by atoms with Crippen molar-refractivity contribution >= 4 is 39.1 Å². The molecule has 0 unspecified atom stereocenters. The summed E-state index contributed by atoms with van der Waals surface area (Å²) in [6.07, 6.45) is -3.47. The van der Waals surface area contributed by atoms with E-state index in [1.807, 2.05) is 75.6 Å². The molecule has 8 nitrogen and oxygen atoms in total. The van der Waals surface area contributed by atoms with Gasteiger partial charge in [-0.3, -0.25) is 9.69 Å². The van der Waals surface area contributed by atoms with Crippen LogP contribution in [0.4, 0.5) is 24.5 Å². The van der Waals surface area contributed by atoms with Crippen molar-refractivity contribution in [3.05, 3.63) is 144 Å². The molecule has 57 heavy (non-hydrogen) atoms. The standard InChI is InChI=1S/C44H48F3N5O3S2/c1-32-29-40(21-22-42(32)48-37(23-24-50(2)3)31-56-39-10-5-4-6-11-39)57(54,55)49-43(53)34-15-19-38(20-16-34)52-27-25-51(26-28-52)30-35-9-7-8-12-41(35)33-13-17-36(18-14-33)44(45,46)47/h4-22,29,37,48H,23-28,30-31H2,1-3H3,(H,49,53)/t37-/m1/s1. The fourth-order valence-corrected chi connectivity index (χ4v) is 8.81. The van der Waals surface area contributed by atoms with Gasteiger partial charge in [-0.05, 0) is 123 Å². The number of nitrogens with zero attached hydrogens (tertiary/aromatic N) is 3. The molecule has 0 spiro atoms. The number of piperazine rings is 1. The maximum absolute atomic E-state index is 13.4. The van der Waals surface area contributed by atoms with Crippen LogP contribution in [0.1, 0.15) is 33.5 Å². The van der Waals surface area contributed by atoms with E-state index in [1.54, 1.807) is 36.0 Å². The molecule has 1 saturated heterocycles. The minimum absolute atomic E-state index is 0.0128. The van der Waals surface area contributed by atoms with E-state index in [-0.39, 0.29) is 16.5 Å². The van der Waals surface area contributed by atoms with Crippen LogP contribution in [0.2, 0.25) is 0 Å². The average Bonchev–Trinajstić information content (AvgIpc) is 3.20. The van der Waals surface area contributed by atoms with Gasteiger partial charge in [-0.1, -0.05) is 54.6 Å². The molecule has 1 heterocycles. The first-order valence-corrected chi connectivity index (χ1v) is 21.3. The van der Waals surface area contributed by atoms with Crippen LogP contribution < -0.4 is 14.9 Å².